The van der Waals surface area contributed by atoms with Crippen LogP contribution in [0.15, 0.2) is 53.1 Å². The fourth-order valence-corrected chi connectivity index (χ4v) is 4.02. The molecule has 1 aromatic heterocycles. The number of nitro benzene ring substituents is 2. The number of halogens is 3. The smallest absolute Gasteiger partial charge is 0.417 e. The normalized spacial score (nSPS) is 11.6. The highest BCUT2D eigenvalue weighted by Gasteiger charge is 2.37. The highest BCUT2D eigenvalue weighted by atomic mass is 19.4. The van der Waals surface area contributed by atoms with Gasteiger partial charge in [-0.25, -0.2) is 4.79 Å². The number of aromatic nitrogens is 1. The minimum Gasteiger partial charge on any atom is -0.456 e. The fourth-order valence-electron chi connectivity index (χ4n) is 4.02. The van der Waals surface area contributed by atoms with Gasteiger partial charge in [-0.2, -0.15) is 18.4 Å². The second kappa shape index (κ2) is 10.9. The summed E-state index contributed by atoms with van der Waals surface area (Å²) in [5.74, 6) is -1.88. The maximum absolute atomic E-state index is 13.8. The van der Waals surface area contributed by atoms with Gasteiger partial charge >= 0.3 is 12.1 Å². The maximum atomic E-state index is 13.8. The number of non-ortho nitro benzene ring substituents is 1. The molecule has 0 saturated heterocycles. The molecule has 1 N–H and O–H groups in total. The quantitative estimate of drug-likeness (QED) is 0.147. The van der Waals surface area contributed by atoms with Crippen LogP contribution in [-0.4, -0.2) is 32.5 Å². The molecule has 0 aliphatic rings. The monoisotopic (exact) mass is 597 g/mol. The van der Waals surface area contributed by atoms with E-state index in [9.17, 15) is 48.3 Å². The van der Waals surface area contributed by atoms with Gasteiger partial charge in [-0.05, 0) is 51.1 Å². The average Bonchev–Trinajstić information content (AvgIpc) is 3.33. The number of fused-ring (bicyclic) bond motifs is 1. The van der Waals surface area contributed by atoms with Crippen LogP contribution in [0.1, 0.15) is 52.7 Å². The van der Waals surface area contributed by atoms with E-state index in [4.69, 9.17) is 9.26 Å². The van der Waals surface area contributed by atoms with E-state index < -0.39 is 67.3 Å². The first kappa shape index (κ1) is 30.1. The van der Waals surface area contributed by atoms with Crippen LogP contribution in [0.25, 0.3) is 22.1 Å². The lowest BCUT2D eigenvalue weighted by Gasteiger charge is -2.20. The number of ether oxygens (including phenoxy) is 1. The fraction of sp³-hybridized carbons (Fsp3) is 0.185. The van der Waals surface area contributed by atoms with Gasteiger partial charge in [-0.3, -0.25) is 25.0 Å². The largest absolute Gasteiger partial charge is 0.456 e. The lowest BCUT2D eigenvalue weighted by atomic mass is 9.96. The van der Waals surface area contributed by atoms with Gasteiger partial charge in [-0.15, -0.1) is 0 Å². The summed E-state index contributed by atoms with van der Waals surface area (Å²) < 4.78 is 52.0. The summed E-state index contributed by atoms with van der Waals surface area (Å²) in [5.41, 5.74) is -6.54. The molecule has 4 aromatic rings. The Labute approximate surface area is 238 Å². The molecule has 0 unspecified atom stereocenters. The van der Waals surface area contributed by atoms with Crippen LogP contribution in [0.5, 0.6) is 0 Å². The van der Waals surface area contributed by atoms with E-state index in [1.54, 1.807) is 20.8 Å². The molecule has 43 heavy (non-hydrogen) atoms. The van der Waals surface area contributed by atoms with E-state index in [2.05, 4.69) is 10.5 Å². The van der Waals surface area contributed by atoms with Gasteiger partial charge in [0.15, 0.2) is 11.3 Å². The molecule has 0 aliphatic carbocycles. The number of esters is 1. The van der Waals surface area contributed by atoms with Crippen LogP contribution in [0.3, 0.4) is 0 Å². The molecular formula is C27H18F3N5O8. The van der Waals surface area contributed by atoms with Crippen molar-refractivity contribution in [3.05, 3.63) is 91.1 Å². The number of hydrogen-bond acceptors (Lipinski definition) is 10. The van der Waals surface area contributed by atoms with Gasteiger partial charge in [0.1, 0.15) is 5.60 Å². The molecule has 0 radical (unpaired) electrons. The zero-order valence-electron chi connectivity index (χ0n) is 22.3. The number of alkyl halides is 3. The van der Waals surface area contributed by atoms with Crippen molar-refractivity contribution in [2.24, 2.45) is 0 Å². The molecule has 0 atom stereocenters. The van der Waals surface area contributed by atoms with Crippen molar-refractivity contribution < 1.29 is 41.9 Å². The summed E-state index contributed by atoms with van der Waals surface area (Å²) >= 11 is 0. The second-order valence-corrected chi connectivity index (χ2v) is 9.97. The topological polar surface area (TPSA) is 192 Å². The third-order valence-corrected chi connectivity index (χ3v) is 5.83. The predicted molar refractivity (Wildman–Crippen MR) is 142 cm³/mol. The second-order valence-electron chi connectivity index (χ2n) is 9.97. The van der Waals surface area contributed by atoms with Gasteiger partial charge in [0, 0.05) is 23.8 Å². The summed E-state index contributed by atoms with van der Waals surface area (Å²) in [6, 6.07) is 8.99. The lowest BCUT2D eigenvalue weighted by molar-refractivity contribution is -0.385. The van der Waals surface area contributed by atoms with E-state index in [1.165, 1.54) is 18.2 Å². The zero-order chi connectivity index (χ0) is 31.9. The third kappa shape index (κ3) is 6.25. The number of nitrogens with zero attached hydrogens (tertiary/aromatic N) is 4. The van der Waals surface area contributed by atoms with Crippen LogP contribution in [0.2, 0.25) is 0 Å². The number of nitrogens with one attached hydrogen (secondary N) is 1. The average molecular weight is 597 g/mol. The van der Waals surface area contributed by atoms with Crippen molar-refractivity contribution in [2.45, 2.75) is 32.5 Å². The number of benzene rings is 3. The molecule has 0 spiro atoms. The van der Waals surface area contributed by atoms with Crippen LogP contribution in [0, 0.1) is 31.6 Å². The Hall–Kier alpha value is -5.85. The number of carbonyl (C=O) groups excluding carboxylic acids is 2. The Morgan fingerprint density at radius 3 is 2.28 bits per heavy atom. The van der Waals surface area contributed by atoms with Crippen molar-refractivity contribution in [3.8, 4) is 17.2 Å². The lowest BCUT2D eigenvalue weighted by Crippen LogP contribution is -2.25. The molecule has 4 rings (SSSR count). The zero-order valence-corrected chi connectivity index (χ0v) is 22.3. The number of nitro groups is 2. The van der Waals surface area contributed by atoms with E-state index >= 15 is 0 Å². The van der Waals surface area contributed by atoms with E-state index in [0.717, 1.165) is 24.3 Å². The summed E-state index contributed by atoms with van der Waals surface area (Å²) in [4.78, 5) is 46.9. The molecule has 16 heteroatoms. The van der Waals surface area contributed by atoms with Crippen molar-refractivity contribution in [1.82, 2.24) is 5.16 Å². The standard InChI is InChI=1S/C27H18F3N5O8/c1-26(2,3)42-25(37)17-8-13(12-31)4-7-20(17)32-24(36)23-18-10-21(35(40)41)16(11-22(18)43-33-23)15-6-5-14(34(38)39)9-19(15)27(28,29)30/h4-11H,1-3H3,(H,32,36). The summed E-state index contributed by atoms with van der Waals surface area (Å²) in [6.07, 6.45) is -5.12. The Kier molecular flexibility index (Phi) is 7.60. The minimum atomic E-state index is -5.12. The van der Waals surface area contributed by atoms with Gasteiger partial charge < -0.3 is 14.6 Å². The van der Waals surface area contributed by atoms with Crippen LogP contribution in [-0.2, 0) is 10.9 Å². The Balaban J connectivity index is 1.81. The number of nitriles is 1. The molecule has 220 valence electrons. The van der Waals surface area contributed by atoms with Crippen molar-refractivity contribution in [2.75, 3.05) is 5.32 Å². The number of carbonyl (C=O) groups is 2. The van der Waals surface area contributed by atoms with E-state index in [-0.39, 0.29) is 33.8 Å². The van der Waals surface area contributed by atoms with Crippen LogP contribution < -0.4 is 5.32 Å². The Morgan fingerprint density at radius 2 is 1.70 bits per heavy atom. The SMILES string of the molecule is CC(C)(C)OC(=O)c1cc(C#N)ccc1NC(=O)c1noc2cc(-c3ccc([N+](=O)[O-])cc3C(F)(F)F)c([N+](=O)[O-])cc12. The first-order valence-corrected chi connectivity index (χ1v) is 12.0. The third-order valence-electron chi connectivity index (χ3n) is 5.83. The molecule has 1 heterocycles. The Bertz CT molecular complexity index is 1870. The maximum Gasteiger partial charge on any atom is 0.417 e. The van der Waals surface area contributed by atoms with E-state index in [1.807, 2.05) is 6.07 Å². The number of amides is 1. The summed E-state index contributed by atoms with van der Waals surface area (Å²) in [5, 5.41) is 38.0. The minimum absolute atomic E-state index is 0.0818. The molecule has 0 fully saturated rings. The van der Waals surface area contributed by atoms with Gasteiger partial charge in [-0.1, -0.05) is 5.16 Å². The highest BCUT2D eigenvalue weighted by molar-refractivity contribution is 6.13. The molecule has 0 aliphatic heterocycles. The van der Waals surface area contributed by atoms with Gasteiger partial charge in [0.25, 0.3) is 17.3 Å². The Morgan fingerprint density at radius 1 is 1.00 bits per heavy atom. The molecule has 13 nitrogen and oxygen atoms in total. The van der Waals surface area contributed by atoms with Crippen LogP contribution in [0.4, 0.5) is 30.2 Å². The molecule has 0 saturated carbocycles. The van der Waals surface area contributed by atoms with Crippen LogP contribution >= 0.6 is 0 Å². The molecule has 0 bridgehead atoms. The van der Waals surface area contributed by atoms with Crippen molar-refractivity contribution in [1.29, 1.82) is 5.26 Å². The molecule has 1 amide bonds. The molecule has 3 aromatic carbocycles. The summed E-state index contributed by atoms with van der Waals surface area (Å²) in [7, 11) is 0. The van der Waals surface area contributed by atoms with E-state index in [0.29, 0.717) is 0 Å². The summed E-state index contributed by atoms with van der Waals surface area (Å²) in [6.45, 7) is 4.82. The van der Waals surface area contributed by atoms with Crippen molar-refractivity contribution in [3.63, 3.8) is 0 Å². The first-order chi connectivity index (χ1) is 20.0. The van der Waals surface area contributed by atoms with Gasteiger partial charge in [0.05, 0.1) is 49.2 Å². The molecular weight excluding hydrogens is 579 g/mol. The van der Waals surface area contributed by atoms with Crippen molar-refractivity contribution >= 4 is 39.9 Å². The number of hydrogen-bond donors (Lipinski definition) is 1. The first-order valence-electron chi connectivity index (χ1n) is 12.0. The number of anilines is 1. The number of rotatable bonds is 6. The highest BCUT2D eigenvalue weighted by Crippen LogP contribution is 2.43. The van der Waals surface area contributed by atoms with Gasteiger partial charge in [0.2, 0.25) is 0 Å². The predicted octanol–water partition coefficient (Wildman–Crippen LogP) is 6.41.